The van der Waals surface area contributed by atoms with Gasteiger partial charge in [-0.25, -0.2) is 0 Å². The molecule has 3 rings (SSSR count). The van der Waals surface area contributed by atoms with E-state index >= 15 is 0 Å². The van der Waals surface area contributed by atoms with Gasteiger partial charge in [0.2, 0.25) is 5.91 Å². The highest BCUT2D eigenvalue weighted by molar-refractivity contribution is 6.30. The Morgan fingerprint density at radius 2 is 1.65 bits per heavy atom. The van der Waals surface area contributed by atoms with Crippen LogP contribution in [0.4, 0.5) is 0 Å². The molecule has 0 spiro atoms. The maximum Gasteiger partial charge on any atom is 0.261 e. The van der Waals surface area contributed by atoms with Gasteiger partial charge in [0.1, 0.15) is 11.8 Å². The molecule has 1 N–H and O–H groups in total. The second-order valence-electron chi connectivity index (χ2n) is 8.28. The molecule has 0 saturated heterocycles. The van der Waals surface area contributed by atoms with Gasteiger partial charge in [0.05, 0.1) is 0 Å². The van der Waals surface area contributed by atoms with Crippen molar-refractivity contribution in [3.63, 3.8) is 0 Å². The molecule has 0 fully saturated rings. The molecule has 3 aromatic carbocycles. The first-order valence-corrected chi connectivity index (χ1v) is 11.8. The highest BCUT2D eigenvalue weighted by Gasteiger charge is 2.30. The van der Waals surface area contributed by atoms with Crippen LogP contribution in [0.2, 0.25) is 5.02 Å². The number of amides is 2. The maximum absolute atomic E-state index is 13.5. The SMILES string of the molecule is CCNC(=O)[C@@H](Cc1ccccc1)N(Cc1ccc(Cl)cc1)C(=O)COc1ccc(C)c(C)c1. The molecule has 34 heavy (non-hydrogen) atoms. The number of ether oxygens (including phenoxy) is 1. The molecule has 0 saturated carbocycles. The Hall–Kier alpha value is -3.31. The lowest BCUT2D eigenvalue weighted by atomic mass is 10.0. The number of likely N-dealkylation sites (N-methyl/N-ethyl adjacent to an activating group) is 1. The zero-order valence-electron chi connectivity index (χ0n) is 19.9. The first-order valence-electron chi connectivity index (χ1n) is 11.4. The third-order valence-electron chi connectivity index (χ3n) is 5.73. The fraction of sp³-hybridized carbons (Fsp3) is 0.286. The molecule has 0 aliphatic heterocycles. The number of carbonyl (C=O) groups is 2. The highest BCUT2D eigenvalue weighted by Crippen LogP contribution is 2.19. The standard InChI is InChI=1S/C28H31ClN2O3/c1-4-30-28(33)26(17-22-8-6-5-7-9-22)31(18-23-11-13-24(29)14-12-23)27(32)19-34-25-15-10-20(2)21(3)16-25/h5-16,26H,4,17-19H2,1-3H3,(H,30,33)/t26-/m1/s1. The molecule has 6 heteroatoms. The molecule has 0 aliphatic carbocycles. The third-order valence-corrected chi connectivity index (χ3v) is 5.98. The summed E-state index contributed by atoms with van der Waals surface area (Å²) in [7, 11) is 0. The molecular weight excluding hydrogens is 448 g/mol. The zero-order chi connectivity index (χ0) is 24.5. The lowest BCUT2D eigenvalue weighted by Crippen LogP contribution is -2.51. The van der Waals surface area contributed by atoms with Crippen LogP contribution in [0.3, 0.4) is 0 Å². The summed E-state index contributed by atoms with van der Waals surface area (Å²) in [5.74, 6) is 0.167. The van der Waals surface area contributed by atoms with Crippen molar-refractivity contribution in [2.45, 2.75) is 39.8 Å². The van der Waals surface area contributed by atoms with E-state index in [0.717, 1.165) is 22.3 Å². The summed E-state index contributed by atoms with van der Waals surface area (Å²) in [6.07, 6.45) is 0.398. The molecule has 3 aromatic rings. The molecule has 178 valence electrons. The first kappa shape index (κ1) is 25.3. The van der Waals surface area contributed by atoms with Crippen molar-refractivity contribution in [1.82, 2.24) is 10.2 Å². The average molecular weight is 479 g/mol. The third kappa shape index (κ3) is 7.09. The van der Waals surface area contributed by atoms with E-state index in [1.54, 1.807) is 17.0 Å². The molecule has 0 aliphatic rings. The van der Waals surface area contributed by atoms with E-state index in [1.807, 2.05) is 81.4 Å². The number of halogens is 1. The Morgan fingerprint density at radius 3 is 2.29 bits per heavy atom. The second kappa shape index (κ2) is 12.2. The van der Waals surface area contributed by atoms with Crippen LogP contribution >= 0.6 is 11.6 Å². The number of aryl methyl sites for hydroxylation is 2. The summed E-state index contributed by atoms with van der Waals surface area (Å²) < 4.78 is 5.84. The van der Waals surface area contributed by atoms with E-state index in [9.17, 15) is 9.59 Å². The number of nitrogens with one attached hydrogen (secondary N) is 1. The first-order chi connectivity index (χ1) is 16.4. The van der Waals surface area contributed by atoms with Gasteiger partial charge in [-0.3, -0.25) is 9.59 Å². The Bertz CT molecular complexity index is 1100. The summed E-state index contributed by atoms with van der Waals surface area (Å²) in [6.45, 7) is 6.47. The average Bonchev–Trinajstić information content (AvgIpc) is 2.84. The van der Waals surface area contributed by atoms with Crippen molar-refractivity contribution in [1.29, 1.82) is 0 Å². The predicted octanol–water partition coefficient (Wildman–Crippen LogP) is 5.11. The van der Waals surface area contributed by atoms with Gasteiger partial charge in [0.15, 0.2) is 6.61 Å². The van der Waals surface area contributed by atoms with Crippen molar-refractivity contribution < 1.29 is 14.3 Å². The van der Waals surface area contributed by atoms with Crippen molar-refractivity contribution in [2.75, 3.05) is 13.2 Å². The Labute approximate surface area is 206 Å². The number of benzene rings is 3. The number of hydrogen-bond donors (Lipinski definition) is 1. The van der Waals surface area contributed by atoms with E-state index in [4.69, 9.17) is 16.3 Å². The number of rotatable bonds is 10. The van der Waals surface area contributed by atoms with Crippen LogP contribution in [0.1, 0.15) is 29.2 Å². The summed E-state index contributed by atoms with van der Waals surface area (Å²) in [6, 6.07) is 22.0. The molecular formula is C28H31ClN2O3. The van der Waals surface area contributed by atoms with Crippen LogP contribution in [0.5, 0.6) is 5.75 Å². The van der Waals surface area contributed by atoms with Crippen molar-refractivity contribution in [3.05, 3.63) is 100 Å². The number of carbonyl (C=O) groups excluding carboxylic acids is 2. The Kier molecular flexibility index (Phi) is 9.11. The number of hydrogen-bond acceptors (Lipinski definition) is 3. The minimum absolute atomic E-state index is 0.166. The normalized spacial score (nSPS) is 11.5. The van der Waals surface area contributed by atoms with Gasteiger partial charge in [0, 0.05) is 24.5 Å². The smallest absolute Gasteiger partial charge is 0.261 e. The van der Waals surface area contributed by atoms with Gasteiger partial charge < -0.3 is 15.0 Å². The molecule has 0 radical (unpaired) electrons. The quantitative estimate of drug-likeness (QED) is 0.440. The molecule has 1 atom stereocenters. The molecule has 0 heterocycles. The Morgan fingerprint density at radius 1 is 0.941 bits per heavy atom. The Balaban J connectivity index is 1.88. The van der Waals surface area contributed by atoms with Crippen molar-refractivity contribution in [2.24, 2.45) is 0 Å². The van der Waals surface area contributed by atoms with Crippen LogP contribution in [-0.4, -0.2) is 35.9 Å². The zero-order valence-corrected chi connectivity index (χ0v) is 20.6. The summed E-state index contributed by atoms with van der Waals surface area (Å²) in [5, 5.41) is 3.50. The van der Waals surface area contributed by atoms with Gasteiger partial charge in [-0.1, -0.05) is 60.1 Å². The fourth-order valence-corrected chi connectivity index (χ4v) is 3.79. The van der Waals surface area contributed by atoms with Gasteiger partial charge in [-0.05, 0) is 67.3 Å². The molecule has 5 nitrogen and oxygen atoms in total. The topological polar surface area (TPSA) is 58.6 Å². The van der Waals surface area contributed by atoms with Crippen LogP contribution in [0, 0.1) is 13.8 Å². The second-order valence-corrected chi connectivity index (χ2v) is 8.72. The van der Waals surface area contributed by atoms with Crippen LogP contribution < -0.4 is 10.1 Å². The molecule has 0 bridgehead atoms. The van der Waals surface area contributed by atoms with E-state index in [-0.39, 0.29) is 25.0 Å². The van der Waals surface area contributed by atoms with Gasteiger partial charge >= 0.3 is 0 Å². The molecule has 2 amide bonds. The van der Waals surface area contributed by atoms with Crippen LogP contribution in [0.25, 0.3) is 0 Å². The molecule has 0 unspecified atom stereocenters. The highest BCUT2D eigenvalue weighted by atomic mass is 35.5. The van der Waals surface area contributed by atoms with Crippen LogP contribution in [0.15, 0.2) is 72.8 Å². The van der Waals surface area contributed by atoms with E-state index in [2.05, 4.69) is 5.32 Å². The van der Waals surface area contributed by atoms with Crippen LogP contribution in [-0.2, 0) is 22.6 Å². The van der Waals surface area contributed by atoms with Gasteiger partial charge in [-0.2, -0.15) is 0 Å². The van der Waals surface area contributed by atoms with Crippen molar-refractivity contribution >= 4 is 23.4 Å². The predicted molar refractivity (Wildman–Crippen MR) is 136 cm³/mol. The van der Waals surface area contributed by atoms with E-state index < -0.39 is 6.04 Å². The maximum atomic E-state index is 13.5. The summed E-state index contributed by atoms with van der Waals surface area (Å²) in [5.41, 5.74) is 4.10. The fourth-order valence-electron chi connectivity index (χ4n) is 3.66. The molecule has 0 aromatic heterocycles. The van der Waals surface area contributed by atoms with E-state index in [1.165, 1.54) is 0 Å². The largest absolute Gasteiger partial charge is 0.484 e. The summed E-state index contributed by atoms with van der Waals surface area (Å²) >= 11 is 6.05. The number of nitrogens with zero attached hydrogens (tertiary/aromatic N) is 1. The van der Waals surface area contributed by atoms with E-state index in [0.29, 0.717) is 23.7 Å². The van der Waals surface area contributed by atoms with Gasteiger partial charge in [0.25, 0.3) is 5.91 Å². The van der Waals surface area contributed by atoms with Crippen molar-refractivity contribution in [3.8, 4) is 5.75 Å². The van der Waals surface area contributed by atoms with Gasteiger partial charge in [-0.15, -0.1) is 0 Å². The lowest BCUT2D eigenvalue weighted by molar-refractivity contribution is -0.142. The summed E-state index contributed by atoms with van der Waals surface area (Å²) in [4.78, 5) is 28.2. The minimum atomic E-state index is -0.686. The monoisotopic (exact) mass is 478 g/mol. The minimum Gasteiger partial charge on any atom is -0.484 e. The lowest BCUT2D eigenvalue weighted by Gasteiger charge is -2.31.